The number of nitrogens with one attached hydrogen (secondary N) is 2. The Hall–Kier alpha value is -3.04. The summed E-state index contributed by atoms with van der Waals surface area (Å²) in [4.78, 5) is 36.1. The molecule has 0 unspecified atom stereocenters. The molecular formula is C21H21N3O5S. The molecular weight excluding hydrogens is 406 g/mol. The molecule has 156 valence electrons. The summed E-state index contributed by atoms with van der Waals surface area (Å²) in [5, 5.41) is 4.86. The molecule has 2 aromatic rings. The number of nitrogens with zero attached hydrogens (tertiary/aromatic N) is 1. The first kappa shape index (κ1) is 20.2. The summed E-state index contributed by atoms with van der Waals surface area (Å²) in [7, 11) is -3.61. The van der Waals surface area contributed by atoms with Crippen LogP contribution in [0.15, 0.2) is 47.4 Å². The molecule has 0 radical (unpaired) electrons. The van der Waals surface area contributed by atoms with Crippen LogP contribution in [0.4, 0.5) is 5.69 Å². The lowest BCUT2D eigenvalue weighted by Crippen LogP contribution is -2.41. The van der Waals surface area contributed by atoms with Crippen LogP contribution in [0.2, 0.25) is 0 Å². The van der Waals surface area contributed by atoms with Crippen molar-refractivity contribution in [1.29, 1.82) is 0 Å². The van der Waals surface area contributed by atoms with Gasteiger partial charge in [0.15, 0.2) is 0 Å². The highest BCUT2D eigenvalue weighted by Crippen LogP contribution is 2.26. The third kappa shape index (κ3) is 3.61. The first-order chi connectivity index (χ1) is 14.3. The van der Waals surface area contributed by atoms with Crippen molar-refractivity contribution < 1.29 is 22.8 Å². The molecule has 2 heterocycles. The topological polar surface area (TPSA) is 113 Å². The Morgan fingerprint density at radius 3 is 2.43 bits per heavy atom. The Kier molecular flexibility index (Phi) is 5.17. The van der Waals surface area contributed by atoms with Gasteiger partial charge in [0, 0.05) is 23.8 Å². The van der Waals surface area contributed by atoms with Crippen molar-refractivity contribution in [2.24, 2.45) is 0 Å². The van der Waals surface area contributed by atoms with E-state index in [2.05, 4.69) is 10.6 Å². The summed E-state index contributed by atoms with van der Waals surface area (Å²) in [6.45, 7) is 2.41. The van der Waals surface area contributed by atoms with E-state index in [1.807, 2.05) is 6.92 Å². The van der Waals surface area contributed by atoms with Gasteiger partial charge >= 0.3 is 0 Å². The van der Waals surface area contributed by atoms with Crippen LogP contribution >= 0.6 is 0 Å². The SMILES string of the molecule is C[C@H]1CCCCN1S(=O)(=O)c1ccc(C(=O)Nc2ccc3c(c2)C(=O)NC3=O)cc1. The van der Waals surface area contributed by atoms with Crippen LogP contribution in [0.25, 0.3) is 0 Å². The molecule has 1 atom stereocenters. The van der Waals surface area contributed by atoms with Gasteiger partial charge in [0.25, 0.3) is 17.7 Å². The first-order valence-corrected chi connectivity index (χ1v) is 11.1. The largest absolute Gasteiger partial charge is 0.322 e. The lowest BCUT2D eigenvalue weighted by Gasteiger charge is -2.32. The third-order valence-electron chi connectivity index (χ3n) is 5.46. The normalized spacial score (nSPS) is 19.3. The van der Waals surface area contributed by atoms with E-state index in [-0.39, 0.29) is 27.6 Å². The number of piperidine rings is 1. The van der Waals surface area contributed by atoms with Gasteiger partial charge < -0.3 is 5.32 Å². The van der Waals surface area contributed by atoms with Crippen LogP contribution in [-0.2, 0) is 10.0 Å². The molecule has 3 amide bonds. The van der Waals surface area contributed by atoms with Gasteiger partial charge in [-0.1, -0.05) is 6.42 Å². The van der Waals surface area contributed by atoms with Crippen molar-refractivity contribution in [3.05, 3.63) is 59.2 Å². The third-order valence-corrected chi connectivity index (χ3v) is 7.49. The summed E-state index contributed by atoms with van der Waals surface area (Å²) >= 11 is 0. The van der Waals surface area contributed by atoms with E-state index < -0.39 is 27.7 Å². The van der Waals surface area contributed by atoms with Crippen molar-refractivity contribution >= 4 is 33.4 Å². The number of benzene rings is 2. The van der Waals surface area contributed by atoms with Crippen LogP contribution in [0.3, 0.4) is 0 Å². The molecule has 0 aromatic heterocycles. The molecule has 8 nitrogen and oxygen atoms in total. The summed E-state index contributed by atoms with van der Waals surface area (Å²) in [6, 6.07) is 10.2. The van der Waals surface area contributed by atoms with E-state index in [9.17, 15) is 22.8 Å². The molecule has 2 N–H and O–H groups in total. The standard InChI is InChI=1S/C21H21N3O5S/c1-13-4-2-3-11-24(13)30(28,29)16-8-5-14(6-9-16)19(25)22-15-7-10-17-18(12-15)21(27)23-20(17)26/h5-10,12-13H,2-4,11H2,1H3,(H,22,25)(H,23,26,27)/t13-/m0/s1. The smallest absolute Gasteiger partial charge is 0.259 e. The molecule has 30 heavy (non-hydrogen) atoms. The van der Waals surface area contributed by atoms with Gasteiger partial charge in [-0.25, -0.2) is 8.42 Å². The number of carbonyl (C=O) groups excluding carboxylic acids is 3. The van der Waals surface area contributed by atoms with Gasteiger partial charge in [-0.2, -0.15) is 4.31 Å². The predicted octanol–water partition coefficient (Wildman–Crippen LogP) is 2.39. The molecule has 9 heteroatoms. The van der Waals surface area contributed by atoms with Gasteiger partial charge in [0.1, 0.15) is 0 Å². The maximum atomic E-state index is 12.9. The molecule has 2 aromatic carbocycles. The minimum atomic E-state index is -3.61. The van der Waals surface area contributed by atoms with Crippen molar-refractivity contribution in [2.75, 3.05) is 11.9 Å². The number of hydrogen-bond acceptors (Lipinski definition) is 5. The number of sulfonamides is 1. The molecule has 0 aliphatic carbocycles. The average molecular weight is 427 g/mol. The summed E-state index contributed by atoms with van der Waals surface area (Å²) in [5.74, 6) is -1.42. The van der Waals surface area contributed by atoms with Crippen molar-refractivity contribution in [3.8, 4) is 0 Å². The van der Waals surface area contributed by atoms with Crippen molar-refractivity contribution in [1.82, 2.24) is 9.62 Å². The number of fused-ring (bicyclic) bond motifs is 1. The van der Waals surface area contributed by atoms with Crippen LogP contribution in [0.1, 0.15) is 57.3 Å². The number of rotatable bonds is 4. The molecule has 1 saturated heterocycles. The molecule has 1 fully saturated rings. The molecule has 2 aliphatic heterocycles. The minimum Gasteiger partial charge on any atom is -0.322 e. The zero-order chi connectivity index (χ0) is 21.5. The van der Waals surface area contributed by atoms with Gasteiger partial charge in [-0.15, -0.1) is 0 Å². The fourth-order valence-electron chi connectivity index (χ4n) is 3.79. The van der Waals surface area contributed by atoms with Crippen molar-refractivity contribution in [2.45, 2.75) is 37.1 Å². The van der Waals surface area contributed by atoms with Gasteiger partial charge in [0.05, 0.1) is 16.0 Å². The van der Waals surface area contributed by atoms with Crippen LogP contribution < -0.4 is 10.6 Å². The molecule has 4 rings (SSSR count). The second-order valence-electron chi connectivity index (χ2n) is 7.48. The lowest BCUT2D eigenvalue weighted by atomic mass is 10.1. The molecule has 0 spiro atoms. The van der Waals surface area contributed by atoms with Crippen LogP contribution in [-0.4, -0.2) is 43.0 Å². The Bertz CT molecular complexity index is 1140. The monoisotopic (exact) mass is 427 g/mol. The highest BCUT2D eigenvalue weighted by molar-refractivity contribution is 7.89. The Morgan fingerprint density at radius 1 is 1.03 bits per heavy atom. The van der Waals surface area contributed by atoms with E-state index in [4.69, 9.17) is 0 Å². The second kappa shape index (κ2) is 7.66. The van der Waals surface area contributed by atoms with E-state index in [0.29, 0.717) is 12.2 Å². The van der Waals surface area contributed by atoms with Gasteiger partial charge in [-0.3, -0.25) is 19.7 Å². The van der Waals surface area contributed by atoms with E-state index >= 15 is 0 Å². The highest BCUT2D eigenvalue weighted by atomic mass is 32.2. The summed E-state index contributed by atoms with van der Waals surface area (Å²) in [5.41, 5.74) is 1.11. The van der Waals surface area contributed by atoms with Crippen molar-refractivity contribution in [3.63, 3.8) is 0 Å². The first-order valence-electron chi connectivity index (χ1n) is 9.70. The lowest BCUT2D eigenvalue weighted by molar-refractivity contribution is 0.0878. The van der Waals surface area contributed by atoms with Gasteiger partial charge in [-0.05, 0) is 62.2 Å². The maximum absolute atomic E-state index is 12.9. The van der Waals surface area contributed by atoms with E-state index in [1.54, 1.807) is 0 Å². The number of anilines is 1. The molecule has 0 bridgehead atoms. The number of carbonyl (C=O) groups is 3. The summed E-state index contributed by atoms with van der Waals surface area (Å²) < 4.78 is 27.3. The highest BCUT2D eigenvalue weighted by Gasteiger charge is 2.31. The maximum Gasteiger partial charge on any atom is 0.259 e. The number of imide groups is 1. The molecule has 0 saturated carbocycles. The second-order valence-corrected chi connectivity index (χ2v) is 9.37. The Balaban J connectivity index is 1.51. The van der Waals surface area contributed by atoms with Crippen LogP contribution in [0, 0.1) is 0 Å². The zero-order valence-corrected chi connectivity index (χ0v) is 17.2. The Labute approximate surface area is 174 Å². The zero-order valence-electron chi connectivity index (χ0n) is 16.3. The van der Waals surface area contributed by atoms with E-state index in [0.717, 1.165) is 19.3 Å². The molecule has 2 aliphatic rings. The van der Waals surface area contributed by atoms with Gasteiger partial charge in [0.2, 0.25) is 10.0 Å². The Morgan fingerprint density at radius 2 is 1.73 bits per heavy atom. The predicted molar refractivity (Wildman–Crippen MR) is 110 cm³/mol. The fraction of sp³-hybridized carbons (Fsp3) is 0.286. The number of hydrogen-bond donors (Lipinski definition) is 2. The van der Waals surface area contributed by atoms with Crippen LogP contribution in [0.5, 0.6) is 0 Å². The summed E-state index contributed by atoms with van der Waals surface area (Å²) in [6.07, 6.45) is 2.70. The average Bonchev–Trinajstić information content (AvgIpc) is 3.01. The van der Waals surface area contributed by atoms with E-state index in [1.165, 1.54) is 46.8 Å². The quantitative estimate of drug-likeness (QED) is 0.728. The number of amides is 3. The fourth-order valence-corrected chi connectivity index (χ4v) is 5.49. The minimum absolute atomic E-state index is 0.0457.